The third kappa shape index (κ3) is 8.90. The SMILES string of the molecule is CCS(=O)(=O)NCCN=C(N)NC(C)COC. The molecular formula is C9H22N4O3S. The van der Waals surface area contributed by atoms with E-state index in [0.29, 0.717) is 13.2 Å². The average Bonchev–Trinajstić information content (AvgIpc) is 2.25. The molecule has 0 spiro atoms. The monoisotopic (exact) mass is 266 g/mol. The predicted molar refractivity (Wildman–Crippen MR) is 68.4 cm³/mol. The van der Waals surface area contributed by atoms with Gasteiger partial charge in [-0.25, -0.2) is 13.1 Å². The lowest BCUT2D eigenvalue weighted by molar-refractivity contribution is 0.179. The smallest absolute Gasteiger partial charge is 0.211 e. The molecule has 0 saturated heterocycles. The van der Waals surface area contributed by atoms with Crippen molar-refractivity contribution in [3.63, 3.8) is 0 Å². The fraction of sp³-hybridized carbons (Fsp3) is 0.889. The predicted octanol–water partition coefficient (Wildman–Crippen LogP) is -1.14. The second-order valence-electron chi connectivity index (χ2n) is 3.57. The van der Waals surface area contributed by atoms with E-state index in [1.807, 2.05) is 6.92 Å². The van der Waals surface area contributed by atoms with Crippen LogP contribution in [-0.2, 0) is 14.8 Å². The minimum Gasteiger partial charge on any atom is -0.383 e. The minimum atomic E-state index is -3.15. The van der Waals surface area contributed by atoms with Crippen LogP contribution in [0, 0.1) is 0 Å². The zero-order chi connectivity index (χ0) is 13.3. The summed E-state index contributed by atoms with van der Waals surface area (Å²) < 4.78 is 29.5. The van der Waals surface area contributed by atoms with Crippen LogP contribution in [0.25, 0.3) is 0 Å². The summed E-state index contributed by atoms with van der Waals surface area (Å²) in [5.74, 6) is 0.347. The summed E-state index contributed by atoms with van der Waals surface area (Å²) in [5.41, 5.74) is 5.59. The van der Waals surface area contributed by atoms with Gasteiger partial charge in [-0.2, -0.15) is 0 Å². The number of nitrogens with one attached hydrogen (secondary N) is 2. The molecule has 1 unspecified atom stereocenters. The maximum atomic E-state index is 11.1. The highest BCUT2D eigenvalue weighted by atomic mass is 32.2. The van der Waals surface area contributed by atoms with Crippen molar-refractivity contribution in [2.24, 2.45) is 10.7 Å². The first-order valence-corrected chi connectivity index (χ1v) is 7.09. The lowest BCUT2D eigenvalue weighted by Gasteiger charge is -2.13. The number of ether oxygens (including phenoxy) is 1. The van der Waals surface area contributed by atoms with Crippen molar-refractivity contribution >= 4 is 16.0 Å². The molecule has 0 radical (unpaired) electrons. The molecule has 0 aromatic rings. The number of hydrogen-bond acceptors (Lipinski definition) is 4. The van der Waals surface area contributed by atoms with Crippen molar-refractivity contribution in [1.82, 2.24) is 10.0 Å². The molecule has 0 aromatic carbocycles. The first kappa shape index (κ1) is 16.1. The van der Waals surface area contributed by atoms with Crippen LogP contribution in [0.4, 0.5) is 0 Å². The number of nitrogens with zero attached hydrogens (tertiary/aromatic N) is 1. The number of nitrogens with two attached hydrogens (primary N) is 1. The van der Waals surface area contributed by atoms with Crippen molar-refractivity contribution in [3.05, 3.63) is 0 Å². The van der Waals surface area contributed by atoms with Gasteiger partial charge in [-0.05, 0) is 13.8 Å². The molecule has 4 N–H and O–H groups in total. The Morgan fingerprint density at radius 2 is 2.18 bits per heavy atom. The van der Waals surface area contributed by atoms with Crippen LogP contribution >= 0.6 is 0 Å². The summed E-state index contributed by atoms with van der Waals surface area (Å²) in [5, 5.41) is 2.92. The van der Waals surface area contributed by atoms with Crippen LogP contribution in [0.2, 0.25) is 0 Å². The average molecular weight is 266 g/mol. The van der Waals surface area contributed by atoms with Gasteiger partial charge >= 0.3 is 0 Å². The van der Waals surface area contributed by atoms with E-state index in [1.165, 1.54) is 0 Å². The molecule has 7 nitrogen and oxygen atoms in total. The number of hydrogen-bond donors (Lipinski definition) is 3. The highest BCUT2D eigenvalue weighted by Gasteiger charge is 2.04. The fourth-order valence-corrected chi connectivity index (χ4v) is 1.68. The van der Waals surface area contributed by atoms with E-state index >= 15 is 0 Å². The Labute approximate surface area is 103 Å². The molecule has 0 aliphatic heterocycles. The molecule has 102 valence electrons. The van der Waals surface area contributed by atoms with Crippen LogP contribution in [-0.4, -0.2) is 53.0 Å². The molecule has 0 fully saturated rings. The van der Waals surface area contributed by atoms with Crippen LogP contribution in [0.5, 0.6) is 0 Å². The molecule has 0 heterocycles. The Morgan fingerprint density at radius 1 is 1.53 bits per heavy atom. The highest BCUT2D eigenvalue weighted by molar-refractivity contribution is 7.89. The van der Waals surface area contributed by atoms with Crippen LogP contribution in [0.1, 0.15) is 13.8 Å². The van der Waals surface area contributed by atoms with Crippen molar-refractivity contribution in [3.8, 4) is 0 Å². The van der Waals surface area contributed by atoms with Crippen molar-refractivity contribution in [2.45, 2.75) is 19.9 Å². The Kier molecular flexibility index (Phi) is 7.85. The number of aliphatic imine (C=N–C) groups is 1. The Bertz CT molecular complexity index is 329. The van der Waals surface area contributed by atoms with Gasteiger partial charge in [-0.15, -0.1) is 0 Å². The molecular weight excluding hydrogens is 244 g/mol. The van der Waals surface area contributed by atoms with Gasteiger partial charge in [-0.3, -0.25) is 4.99 Å². The maximum Gasteiger partial charge on any atom is 0.211 e. The molecule has 0 rings (SSSR count). The molecule has 0 aliphatic rings. The summed E-state index contributed by atoms with van der Waals surface area (Å²) in [6, 6.07) is 0.0658. The number of rotatable bonds is 8. The maximum absolute atomic E-state index is 11.1. The number of sulfonamides is 1. The highest BCUT2D eigenvalue weighted by Crippen LogP contribution is 1.83. The van der Waals surface area contributed by atoms with Gasteiger partial charge in [0, 0.05) is 19.7 Å². The molecule has 0 bridgehead atoms. The van der Waals surface area contributed by atoms with Gasteiger partial charge in [-0.1, -0.05) is 0 Å². The van der Waals surface area contributed by atoms with E-state index in [9.17, 15) is 8.42 Å². The first-order valence-electron chi connectivity index (χ1n) is 5.44. The second-order valence-corrected chi connectivity index (χ2v) is 5.66. The quantitative estimate of drug-likeness (QED) is 0.293. The van der Waals surface area contributed by atoms with Gasteiger partial charge in [0.1, 0.15) is 0 Å². The van der Waals surface area contributed by atoms with E-state index in [0.717, 1.165) is 0 Å². The van der Waals surface area contributed by atoms with E-state index < -0.39 is 10.0 Å². The van der Waals surface area contributed by atoms with Gasteiger partial charge in [0.2, 0.25) is 10.0 Å². The van der Waals surface area contributed by atoms with E-state index in [2.05, 4.69) is 15.0 Å². The van der Waals surface area contributed by atoms with Crippen molar-refractivity contribution < 1.29 is 13.2 Å². The van der Waals surface area contributed by atoms with Crippen LogP contribution in [0.3, 0.4) is 0 Å². The molecule has 1 atom stereocenters. The lowest BCUT2D eigenvalue weighted by Crippen LogP contribution is -2.41. The topological polar surface area (TPSA) is 106 Å². The largest absolute Gasteiger partial charge is 0.383 e. The fourth-order valence-electron chi connectivity index (χ4n) is 1.07. The summed E-state index contributed by atoms with van der Waals surface area (Å²) in [6.45, 7) is 4.56. The van der Waals surface area contributed by atoms with Gasteiger partial charge in [0.05, 0.1) is 18.9 Å². The van der Waals surface area contributed by atoms with Gasteiger partial charge in [0.15, 0.2) is 5.96 Å². The van der Waals surface area contributed by atoms with Crippen LogP contribution < -0.4 is 15.8 Å². The molecule has 17 heavy (non-hydrogen) atoms. The Balaban J connectivity index is 3.85. The summed E-state index contributed by atoms with van der Waals surface area (Å²) >= 11 is 0. The van der Waals surface area contributed by atoms with E-state index in [-0.39, 0.29) is 24.3 Å². The van der Waals surface area contributed by atoms with E-state index in [1.54, 1.807) is 14.0 Å². The zero-order valence-electron chi connectivity index (χ0n) is 10.6. The molecule has 8 heteroatoms. The first-order chi connectivity index (χ1) is 7.91. The van der Waals surface area contributed by atoms with Crippen molar-refractivity contribution in [2.75, 3.05) is 32.6 Å². The standard InChI is InChI=1S/C9H22N4O3S/c1-4-17(14,15)12-6-5-11-9(10)13-8(2)7-16-3/h8,12H,4-7H2,1-3H3,(H3,10,11,13). The third-order valence-corrected chi connectivity index (χ3v) is 3.31. The summed E-state index contributed by atoms with van der Waals surface area (Å²) in [4.78, 5) is 3.98. The lowest BCUT2D eigenvalue weighted by atomic mass is 10.4. The number of methoxy groups -OCH3 is 1. The zero-order valence-corrected chi connectivity index (χ0v) is 11.4. The normalized spacial score (nSPS) is 14.6. The summed E-state index contributed by atoms with van der Waals surface area (Å²) in [6.07, 6.45) is 0. The molecule has 0 aliphatic carbocycles. The molecule has 0 saturated carbocycles. The molecule has 0 aromatic heterocycles. The second kappa shape index (κ2) is 8.26. The van der Waals surface area contributed by atoms with Crippen LogP contribution in [0.15, 0.2) is 4.99 Å². The Hall–Kier alpha value is -0.860. The molecule has 0 amide bonds. The minimum absolute atomic E-state index is 0.0648. The van der Waals surface area contributed by atoms with Gasteiger partial charge in [0.25, 0.3) is 0 Å². The van der Waals surface area contributed by atoms with Crippen molar-refractivity contribution in [1.29, 1.82) is 0 Å². The number of guanidine groups is 1. The third-order valence-electron chi connectivity index (χ3n) is 1.91. The van der Waals surface area contributed by atoms with E-state index in [4.69, 9.17) is 10.5 Å². The van der Waals surface area contributed by atoms with Gasteiger partial charge < -0.3 is 15.8 Å². The summed E-state index contributed by atoms with van der Waals surface area (Å²) in [7, 11) is -1.55. The Morgan fingerprint density at radius 3 is 2.71 bits per heavy atom.